The monoisotopic (exact) mass is 351 g/mol. The van der Waals surface area contributed by atoms with Crippen molar-refractivity contribution in [3.05, 3.63) is 28.8 Å². The van der Waals surface area contributed by atoms with Crippen LogP contribution in [0.25, 0.3) is 0 Å². The van der Waals surface area contributed by atoms with E-state index >= 15 is 0 Å². The summed E-state index contributed by atoms with van der Waals surface area (Å²) in [5.41, 5.74) is 1.72. The number of anilines is 1. The van der Waals surface area contributed by atoms with Crippen LogP contribution in [0, 0.1) is 18.8 Å². The zero-order chi connectivity index (χ0) is 17.7. The summed E-state index contributed by atoms with van der Waals surface area (Å²) in [7, 11) is 0. The Labute approximate surface area is 148 Å². The molecule has 1 aliphatic rings. The van der Waals surface area contributed by atoms with E-state index in [0.717, 1.165) is 30.6 Å². The molecule has 132 valence electrons. The maximum atomic E-state index is 12.5. The molecule has 0 saturated carbocycles. The number of hydrogen-bond donors (Lipinski definition) is 2. The van der Waals surface area contributed by atoms with Crippen molar-refractivity contribution in [2.24, 2.45) is 11.8 Å². The number of likely N-dealkylation sites (tertiary alicyclic amines) is 1. The predicted molar refractivity (Wildman–Crippen MR) is 97.4 cm³/mol. The first-order valence-corrected chi connectivity index (χ1v) is 8.84. The van der Waals surface area contributed by atoms with Crippen LogP contribution in [-0.2, 0) is 4.79 Å². The van der Waals surface area contributed by atoms with Crippen molar-refractivity contribution in [2.75, 3.05) is 25.0 Å². The van der Waals surface area contributed by atoms with E-state index in [0.29, 0.717) is 24.0 Å². The van der Waals surface area contributed by atoms with Gasteiger partial charge in [-0.2, -0.15) is 0 Å². The minimum absolute atomic E-state index is 0.0150. The van der Waals surface area contributed by atoms with Crippen molar-refractivity contribution < 1.29 is 9.59 Å². The lowest BCUT2D eigenvalue weighted by Crippen LogP contribution is -2.45. The fourth-order valence-electron chi connectivity index (χ4n) is 2.79. The smallest absolute Gasteiger partial charge is 0.321 e. The van der Waals surface area contributed by atoms with Gasteiger partial charge in [0.05, 0.1) is 0 Å². The Morgan fingerprint density at radius 3 is 2.83 bits per heavy atom. The fraction of sp³-hybridized carbons (Fsp3) is 0.556. The normalized spacial score (nSPS) is 17.7. The van der Waals surface area contributed by atoms with Gasteiger partial charge in [-0.3, -0.25) is 4.79 Å². The van der Waals surface area contributed by atoms with Gasteiger partial charge in [-0.25, -0.2) is 4.79 Å². The number of amides is 3. The van der Waals surface area contributed by atoms with Gasteiger partial charge >= 0.3 is 6.03 Å². The number of carbonyl (C=O) groups is 2. The highest BCUT2D eigenvalue weighted by atomic mass is 35.5. The highest BCUT2D eigenvalue weighted by Crippen LogP contribution is 2.22. The van der Waals surface area contributed by atoms with Crippen LogP contribution in [0.4, 0.5) is 10.5 Å². The van der Waals surface area contributed by atoms with Crippen LogP contribution in [-0.4, -0.2) is 36.5 Å². The number of nitrogens with one attached hydrogen (secondary N) is 2. The van der Waals surface area contributed by atoms with Crippen molar-refractivity contribution in [3.63, 3.8) is 0 Å². The predicted octanol–water partition coefficient (Wildman–Crippen LogP) is 3.66. The Hall–Kier alpha value is -1.75. The molecule has 1 saturated heterocycles. The highest BCUT2D eigenvalue weighted by Gasteiger charge is 2.24. The third kappa shape index (κ3) is 5.13. The van der Waals surface area contributed by atoms with Gasteiger partial charge in [0.25, 0.3) is 0 Å². The van der Waals surface area contributed by atoms with Gasteiger partial charge in [0.2, 0.25) is 5.91 Å². The van der Waals surface area contributed by atoms with E-state index in [-0.39, 0.29) is 17.9 Å². The van der Waals surface area contributed by atoms with Crippen molar-refractivity contribution in [3.8, 4) is 0 Å². The number of carbonyl (C=O) groups excluding carboxylic acids is 2. The number of hydrogen-bond acceptors (Lipinski definition) is 2. The summed E-state index contributed by atoms with van der Waals surface area (Å²) in [6, 6.07) is 5.35. The average molecular weight is 352 g/mol. The molecule has 0 radical (unpaired) electrons. The standard InChI is InChI=1S/C18H26ClN3O2/c1-12(2)17(23)20-10-14-5-4-8-22(11-14)18(24)21-16-9-15(19)7-6-13(16)3/h6-7,9,12,14H,4-5,8,10-11H2,1-3H3,(H,20,23)(H,21,24)/t14-/m1/s1. The topological polar surface area (TPSA) is 61.4 Å². The van der Waals surface area contributed by atoms with Gasteiger partial charge in [-0.05, 0) is 43.4 Å². The molecule has 24 heavy (non-hydrogen) atoms. The SMILES string of the molecule is Cc1ccc(Cl)cc1NC(=O)N1CCC[C@H](CNC(=O)C(C)C)C1. The Bertz CT molecular complexity index is 604. The van der Waals surface area contributed by atoms with Crippen molar-refractivity contribution in [1.82, 2.24) is 10.2 Å². The molecule has 1 aromatic rings. The molecule has 0 unspecified atom stereocenters. The van der Waals surface area contributed by atoms with Crippen LogP contribution >= 0.6 is 11.6 Å². The first kappa shape index (κ1) is 18.6. The van der Waals surface area contributed by atoms with E-state index in [9.17, 15) is 9.59 Å². The Morgan fingerprint density at radius 2 is 2.12 bits per heavy atom. The van der Waals surface area contributed by atoms with Crippen LogP contribution in [0.1, 0.15) is 32.3 Å². The molecular weight excluding hydrogens is 326 g/mol. The molecule has 0 aliphatic carbocycles. The van der Waals surface area contributed by atoms with E-state index in [1.54, 1.807) is 12.1 Å². The van der Waals surface area contributed by atoms with E-state index < -0.39 is 0 Å². The average Bonchev–Trinajstić information content (AvgIpc) is 2.56. The van der Waals surface area contributed by atoms with Crippen molar-refractivity contribution in [2.45, 2.75) is 33.6 Å². The van der Waals surface area contributed by atoms with Crippen LogP contribution in [0.15, 0.2) is 18.2 Å². The molecule has 1 aliphatic heterocycles. The molecule has 1 heterocycles. The lowest BCUT2D eigenvalue weighted by molar-refractivity contribution is -0.124. The molecule has 1 fully saturated rings. The fourth-order valence-corrected chi connectivity index (χ4v) is 2.96. The second-order valence-corrected chi connectivity index (χ2v) is 7.18. The minimum atomic E-state index is -0.111. The number of nitrogens with zero attached hydrogens (tertiary/aromatic N) is 1. The number of rotatable bonds is 4. The zero-order valence-corrected chi connectivity index (χ0v) is 15.3. The first-order chi connectivity index (χ1) is 11.4. The summed E-state index contributed by atoms with van der Waals surface area (Å²) in [6.07, 6.45) is 1.97. The molecular formula is C18H26ClN3O2. The molecule has 3 amide bonds. The molecule has 1 atom stereocenters. The summed E-state index contributed by atoms with van der Waals surface area (Å²) in [6.45, 7) is 7.71. The van der Waals surface area contributed by atoms with Gasteiger partial charge in [0.15, 0.2) is 0 Å². The summed E-state index contributed by atoms with van der Waals surface area (Å²) in [5, 5.41) is 6.50. The third-order valence-corrected chi connectivity index (χ3v) is 4.57. The number of halogens is 1. The number of piperidine rings is 1. The van der Waals surface area contributed by atoms with Crippen LogP contribution in [0.3, 0.4) is 0 Å². The maximum Gasteiger partial charge on any atom is 0.321 e. The van der Waals surface area contributed by atoms with Crippen LogP contribution < -0.4 is 10.6 Å². The molecule has 6 heteroatoms. The number of urea groups is 1. The maximum absolute atomic E-state index is 12.5. The van der Waals surface area contributed by atoms with Gasteiger partial charge in [0.1, 0.15) is 0 Å². The van der Waals surface area contributed by atoms with Crippen molar-refractivity contribution in [1.29, 1.82) is 0 Å². The summed E-state index contributed by atoms with van der Waals surface area (Å²) in [5.74, 6) is 0.345. The molecule has 0 aromatic heterocycles. The summed E-state index contributed by atoms with van der Waals surface area (Å²) in [4.78, 5) is 26.0. The first-order valence-electron chi connectivity index (χ1n) is 8.46. The van der Waals surface area contributed by atoms with Gasteiger partial charge in [-0.1, -0.05) is 31.5 Å². The van der Waals surface area contributed by atoms with E-state index in [1.807, 2.05) is 31.7 Å². The Morgan fingerprint density at radius 1 is 1.38 bits per heavy atom. The summed E-state index contributed by atoms with van der Waals surface area (Å²) < 4.78 is 0. The lowest BCUT2D eigenvalue weighted by atomic mass is 9.98. The Balaban J connectivity index is 1.90. The molecule has 1 aromatic carbocycles. The lowest BCUT2D eigenvalue weighted by Gasteiger charge is -2.33. The minimum Gasteiger partial charge on any atom is -0.356 e. The Kier molecular flexibility index (Phi) is 6.49. The van der Waals surface area contributed by atoms with Crippen LogP contribution in [0.5, 0.6) is 0 Å². The zero-order valence-electron chi connectivity index (χ0n) is 14.6. The number of aryl methyl sites for hydroxylation is 1. The largest absolute Gasteiger partial charge is 0.356 e. The summed E-state index contributed by atoms with van der Waals surface area (Å²) >= 11 is 6.00. The molecule has 2 N–H and O–H groups in total. The van der Waals surface area contributed by atoms with Gasteiger partial charge < -0.3 is 15.5 Å². The quantitative estimate of drug-likeness (QED) is 0.869. The van der Waals surface area contributed by atoms with E-state index in [4.69, 9.17) is 11.6 Å². The number of benzene rings is 1. The van der Waals surface area contributed by atoms with E-state index in [1.165, 1.54) is 0 Å². The molecule has 0 spiro atoms. The third-order valence-electron chi connectivity index (χ3n) is 4.34. The van der Waals surface area contributed by atoms with E-state index in [2.05, 4.69) is 10.6 Å². The molecule has 2 rings (SSSR count). The highest BCUT2D eigenvalue weighted by molar-refractivity contribution is 6.31. The van der Waals surface area contributed by atoms with Gasteiger partial charge in [-0.15, -0.1) is 0 Å². The van der Waals surface area contributed by atoms with Crippen LogP contribution in [0.2, 0.25) is 5.02 Å². The second kappa shape index (κ2) is 8.38. The van der Waals surface area contributed by atoms with Crippen molar-refractivity contribution >= 4 is 29.2 Å². The second-order valence-electron chi connectivity index (χ2n) is 6.74. The molecule has 5 nitrogen and oxygen atoms in total. The molecule has 0 bridgehead atoms. The van der Waals surface area contributed by atoms with Gasteiger partial charge in [0, 0.05) is 36.3 Å².